The first-order valence-corrected chi connectivity index (χ1v) is 8.02. The lowest BCUT2D eigenvalue weighted by Crippen LogP contribution is -1.98. The van der Waals surface area contributed by atoms with E-state index in [0.29, 0.717) is 12.0 Å². The van der Waals surface area contributed by atoms with Gasteiger partial charge in [-0.1, -0.05) is 36.9 Å². The van der Waals surface area contributed by atoms with Gasteiger partial charge in [-0.05, 0) is 47.7 Å². The molecular weight excluding hydrogens is 322 g/mol. The Morgan fingerprint density at radius 3 is 2.32 bits per heavy atom. The summed E-state index contributed by atoms with van der Waals surface area (Å²) in [5, 5.41) is 0.822. The van der Waals surface area contributed by atoms with Gasteiger partial charge in [-0.2, -0.15) is 4.39 Å². The van der Waals surface area contributed by atoms with Gasteiger partial charge in [0.15, 0.2) is 11.6 Å². The molecular formula is C21H18F2O2. The highest BCUT2D eigenvalue weighted by Crippen LogP contribution is 2.32. The quantitative estimate of drug-likeness (QED) is 0.532. The zero-order valence-corrected chi connectivity index (χ0v) is 13.9. The molecule has 0 radical (unpaired) electrons. The number of halogens is 2. The molecule has 0 aliphatic carbocycles. The molecule has 0 bridgehead atoms. The van der Waals surface area contributed by atoms with Crippen LogP contribution in [-0.4, -0.2) is 13.2 Å². The Balaban J connectivity index is 1.99. The average Bonchev–Trinajstić information content (AvgIpc) is 2.64. The van der Waals surface area contributed by atoms with Crippen molar-refractivity contribution in [2.45, 2.75) is 6.92 Å². The molecule has 3 aromatic carbocycles. The van der Waals surface area contributed by atoms with Crippen molar-refractivity contribution >= 4 is 10.8 Å². The maximum absolute atomic E-state index is 14.4. The fraction of sp³-hybridized carbons (Fsp3) is 0.143. The maximum Gasteiger partial charge on any atom is 0.201 e. The van der Waals surface area contributed by atoms with Gasteiger partial charge in [0.1, 0.15) is 12.4 Å². The van der Waals surface area contributed by atoms with Crippen LogP contribution in [0, 0.1) is 11.6 Å². The minimum atomic E-state index is -0.959. The van der Waals surface area contributed by atoms with E-state index < -0.39 is 11.6 Å². The van der Waals surface area contributed by atoms with Crippen LogP contribution >= 0.6 is 0 Å². The van der Waals surface area contributed by atoms with Gasteiger partial charge in [0, 0.05) is 5.39 Å². The summed E-state index contributed by atoms with van der Waals surface area (Å²) < 4.78 is 39.1. The predicted molar refractivity (Wildman–Crippen MR) is 96.2 cm³/mol. The lowest BCUT2D eigenvalue weighted by Gasteiger charge is -2.10. The van der Waals surface area contributed by atoms with E-state index in [1.54, 1.807) is 25.1 Å². The predicted octanol–water partition coefficient (Wildman–Crippen LogP) is 5.75. The number of hydrogen-bond donors (Lipinski definition) is 0. The standard InChI is InChI=1S/C21H18F2O2/c1-3-11-25-17-9-7-14(8-10-17)15-5-6-16-13-19(24-4-2)21(23)20(22)18(16)12-15/h3,5-10,12-13H,1,4,11H2,2H3. The molecule has 3 rings (SSSR count). The molecule has 0 N–H and O–H groups in total. The van der Waals surface area contributed by atoms with Crippen LogP contribution in [0.3, 0.4) is 0 Å². The van der Waals surface area contributed by atoms with Gasteiger partial charge in [0.25, 0.3) is 0 Å². The van der Waals surface area contributed by atoms with Gasteiger partial charge >= 0.3 is 0 Å². The van der Waals surface area contributed by atoms with Crippen molar-refractivity contribution in [3.8, 4) is 22.6 Å². The van der Waals surface area contributed by atoms with E-state index in [-0.39, 0.29) is 17.7 Å². The zero-order valence-electron chi connectivity index (χ0n) is 13.9. The van der Waals surface area contributed by atoms with Gasteiger partial charge in [-0.15, -0.1) is 0 Å². The number of rotatable bonds is 6. The first-order chi connectivity index (χ1) is 12.1. The van der Waals surface area contributed by atoms with E-state index in [9.17, 15) is 8.78 Å². The smallest absolute Gasteiger partial charge is 0.201 e. The van der Waals surface area contributed by atoms with E-state index in [4.69, 9.17) is 9.47 Å². The van der Waals surface area contributed by atoms with Crippen LogP contribution in [0.5, 0.6) is 11.5 Å². The van der Waals surface area contributed by atoms with Crippen LogP contribution < -0.4 is 9.47 Å². The first-order valence-electron chi connectivity index (χ1n) is 8.02. The monoisotopic (exact) mass is 340 g/mol. The van der Waals surface area contributed by atoms with E-state index in [0.717, 1.165) is 16.9 Å². The summed E-state index contributed by atoms with van der Waals surface area (Å²) in [6.07, 6.45) is 1.67. The van der Waals surface area contributed by atoms with Gasteiger partial charge in [0.05, 0.1) is 6.61 Å². The molecule has 0 saturated heterocycles. The van der Waals surface area contributed by atoms with Crippen molar-refractivity contribution in [2.24, 2.45) is 0 Å². The summed E-state index contributed by atoms with van der Waals surface area (Å²) in [7, 11) is 0. The molecule has 0 heterocycles. The Morgan fingerprint density at radius 1 is 0.920 bits per heavy atom. The Kier molecular flexibility index (Phi) is 4.98. The molecule has 0 spiro atoms. The zero-order chi connectivity index (χ0) is 17.8. The maximum atomic E-state index is 14.4. The Labute approximate surface area is 145 Å². The molecule has 0 aromatic heterocycles. The van der Waals surface area contributed by atoms with Crippen molar-refractivity contribution < 1.29 is 18.3 Å². The minimum Gasteiger partial charge on any atom is -0.491 e. The Hall–Kier alpha value is -2.88. The SMILES string of the molecule is C=CCOc1ccc(-c2ccc3cc(OCC)c(F)c(F)c3c2)cc1. The third-order valence-corrected chi connectivity index (χ3v) is 3.84. The van der Waals surface area contributed by atoms with E-state index >= 15 is 0 Å². The summed E-state index contributed by atoms with van der Waals surface area (Å²) in [6.45, 7) is 6.04. The topological polar surface area (TPSA) is 18.5 Å². The summed E-state index contributed by atoms with van der Waals surface area (Å²) >= 11 is 0. The van der Waals surface area contributed by atoms with Crippen LogP contribution in [0.4, 0.5) is 8.78 Å². The molecule has 0 atom stereocenters. The fourth-order valence-electron chi connectivity index (χ4n) is 2.64. The molecule has 0 aliphatic heterocycles. The normalized spacial score (nSPS) is 10.7. The number of fused-ring (bicyclic) bond motifs is 1. The number of benzene rings is 3. The lowest BCUT2D eigenvalue weighted by molar-refractivity contribution is 0.315. The van der Waals surface area contributed by atoms with E-state index in [2.05, 4.69) is 6.58 Å². The molecule has 0 unspecified atom stereocenters. The third-order valence-electron chi connectivity index (χ3n) is 3.84. The molecule has 25 heavy (non-hydrogen) atoms. The summed E-state index contributed by atoms with van der Waals surface area (Å²) in [5.74, 6) is -1.19. The highest BCUT2D eigenvalue weighted by atomic mass is 19.2. The van der Waals surface area contributed by atoms with Crippen molar-refractivity contribution in [2.75, 3.05) is 13.2 Å². The average molecular weight is 340 g/mol. The Morgan fingerprint density at radius 2 is 1.64 bits per heavy atom. The fourth-order valence-corrected chi connectivity index (χ4v) is 2.64. The van der Waals surface area contributed by atoms with E-state index in [1.165, 1.54) is 6.07 Å². The highest BCUT2D eigenvalue weighted by Gasteiger charge is 2.15. The molecule has 0 aliphatic rings. The van der Waals surface area contributed by atoms with Crippen molar-refractivity contribution in [3.05, 3.63) is 72.8 Å². The molecule has 3 aromatic rings. The number of hydrogen-bond acceptors (Lipinski definition) is 2. The second-order valence-electron chi connectivity index (χ2n) is 5.50. The van der Waals surface area contributed by atoms with Gasteiger partial charge in [-0.25, -0.2) is 4.39 Å². The molecule has 0 fully saturated rings. The van der Waals surface area contributed by atoms with Crippen LogP contribution in [0.25, 0.3) is 21.9 Å². The minimum absolute atomic E-state index is 0.0658. The van der Waals surface area contributed by atoms with Crippen LogP contribution in [0.1, 0.15) is 6.92 Å². The summed E-state index contributed by atoms with van der Waals surface area (Å²) in [4.78, 5) is 0. The van der Waals surface area contributed by atoms with Gasteiger partial charge in [0.2, 0.25) is 5.82 Å². The second-order valence-corrected chi connectivity index (χ2v) is 5.50. The van der Waals surface area contributed by atoms with Gasteiger partial charge in [-0.3, -0.25) is 0 Å². The van der Waals surface area contributed by atoms with Gasteiger partial charge < -0.3 is 9.47 Å². The molecule has 0 amide bonds. The van der Waals surface area contributed by atoms with Crippen LogP contribution in [0.15, 0.2) is 61.2 Å². The largest absolute Gasteiger partial charge is 0.491 e. The van der Waals surface area contributed by atoms with Crippen LogP contribution in [-0.2, 0) is 0 Å². The second kappa shape index (κ2) is 7.34. The highest BCUT2D eigenvalue weighted by molar-refractivity contribution is 5.89. The van der Waals surface area contributed by atoms with E-state index in [1.807, 2.05) is 30.3 Å². The molecule has 4 heteroatoms. The van der Waals surface area contributed by atoms with Crippen molar-refractivity contribution in [1.29, 1.82) is 0 Å². The lowest BCUT2D eigenvalue weighted by atomic mass is 10.0. The van der Waals surface area contributed by atoms with Crippen LogP contribution in [0.2, 0.25) is 0 Å². The molecule has 2 nitrogen and oxygen atoms in total. The molecule has 128 valence electrons. The first kappa shape index (κ1) is 17.0. The summed E-state index contributed by atoms with van der Waals surface area (Å²) in [6, 6.07) is 14.2. The molecule has 0 saturated carbocycles. The Bertz CT molecular complexity index is 902. The third kappa shape index (κ3) is 3.48. The number of ether oxygens (including phenoxy) is 2. The van der Waals surface area contributed by atoms with Crippen molar-refractivity contribution in [1.82, 2.24) is 0 Å². The summed E-state index contributed by atoms with van der Waals surface area (Å²) in [5.41, 5.74) is 1.69. The van der Waals surface area contributed by atoms with Crippen molar-refractivity contribution in [3.63, 3.8) is 0 Å².